The lowest BCUT2D eigenvalue weighted by atomic mass is 10.1. The van der Waals surface area contributed by atoms with E-state index in [2.05, 4.69) is 4.98 Å². The third-order valence-electron chi connectivity index (χ3n) is 3.68. The van der Waals surface area contributed by atoms with Gasteiger partial charge in [0.1, 0.15) is 5.82 Å². The minimum Gasteiger partial charge on any atom is -0.480 e. The van der Waals surface area contributed by atoms with Crippen LogP contribution < -0.4 is 4.90 Å². The van der Waals surface area contributed by atoms with Crippen LogP contribution in [0.3, 0.4) is 0 Å². The summed E-state index contributed by atoms with van der Waals surface area (Å²) in [5.41, 5.74) is 0.781. The summed E-state index contributed by atoms with van der Waals surface area (Å²) in [6.45, 7) is 0.233. The van der Waals surface area contributed by atoms with Crippen molar-refractivity contribution in [1.82, 2.24) is 9.88 Å². The number of aliphatic carboxylic acids is 1. The number of carboxylic acid groups (broad SMARTS) is 1. The number of pyridine rings is 1. The third-order valence-corrected chi connectivity index (χ3v) is 3.68. The number of anilines is 1. The number of alkyl halides is 3. The fourth-order valence-electron chi connectivity index (χ4n) is 2.48. The molecule has 0 aliphatic rings. The van der Waals surface area contributed by atoms with E-state index < -0.39 is 17.7 Å². The summed E-state index contributed by atoms with van der Waals surface area (Å²) in [6, 6.07) is 8.95. The monoisotopic (exact) mass is 367 g/mol. The topological polar surface area (TPSA) is 56.7 Å². The average Bonchev–Trinajstić information content (AvgIpc) is 2.53. The molecule has 140 valence electrons. The zero-order valence-corrected chi connectivity index (χ0v) is 14.7. The molecular formula is C18H20F3N3O2. The largest absolute Gasteiger partial charge is 0.480 e. The number of nitrogens with zero attached hydrogens (tertiary/aromatic N) is 3. The van der Waals surface area contributed by atoms with Crippen LogP contribution in [0.1, 0.15) is 11.1 Å². The standard InChI is InChI=1S/C18H20F3N3O2/c1-23(2)16-9-14(18(19,20)21)8-15(22-16)13-6-4-5-12(7-13)10-24(3)11-17(25)26/h4-9H,10-11H2,1-3H3,(H,25,26). The van der Waals surface area contributed by atoms with Crippen LogP contribution in [0, 0.1) is 0 Å². The molecule has 1 heterocycles. The minimum atomic E-state index is -4.47. The number of aromatic nitrogens is 1. The predicted octanol–water partition coefficient (Wildman–Crippen LogP) is 3.35. The molecule has 0 amide bonds. The number of likely N-dealkylation sites (N-methyl/N-ethyl adjacent to an activating group) is 1. The second-order valence-corrected chi connectivity index (χ2v) is 6.26. The Morgan fingerprint density at radius 2 is 1.85 bits per heavy atom. The zero-order chi connectivity index (χ0) is 19.5. The molecule has 8 heteroatoms. The van der Waals surface area contributed by atoms with Crippen molar-refractivity contribution in [3.8, 4) is 11.3 Å². The summed E-state index contributed by atoms with van der Waals surface area (Å²) in [5, 5.41) is 8.82. The summed E-state index contributed by atoms with van der Waals surface area (Å²) in [4.78, 5) is 18.2. The van der Waals surface area contributed by atoms with Gasteiger partial charge in [0.2, 0.25) is 0 Å². The molecule has 26 heavy (non-hydrogen) atoms. The Bertz CT molecular complexity index is 791. The van der Waals surface area contributed by atoms with E-state index in [4.69, 9.17) is 5.11 Å². The number of benzene rings is 1. The van der Waals surface area contributed by atoms with Crippen LogP contribution in [-0.4, -0.2) is 48.6 Å². The Balaban J connectivity index is 2.40. The van der Waals surface area contributed by atoms with Gasteiger partial charge in [0.05, 0.1) is 17.8 Å². The lowest BCUT2D eigenvalue weighted by Crippen LogP contribution is -2.25. The van der Waals surface area contributed by atoms with Gasteiger partial charge in [-0.2, -0.15) is 13.2 Å². The minimum absolute atomic E-state index is 0.128. The van der Waals surface area contributed by atoms with Crippen LogP contribution in [0.25, 0.3) is 11.3 Å². The first-order valence-electron chi connectivity index (χ1n) is 7.82. The highest BCUT2D eigenvalue weighted by Gasteiger charge is 2.32. The van der Waals surface area contributed by atoms with Gasteiger partial charge in [-0.1, -0.05) is 18.2 Å². The molecule has 1 N–H and O–H groups in total. The Kier molecular flexibility index (Phi) is 5.86. The van der Waals surface area contributed by atoms with Crippen molar-refractivity contribution < 1.29 is 23.1 Å². The lowest BCUT2D eigenvalue weighted by molar-refractivity contribution is -0.138. The summed E-state index contributed by atoms with van der Waals surface area (Å²) in [6.07, 6.45) is -4.47. The first-order chi connectivity index (χ1) is 12.1. The molecule has 5 nitrogen and oxygen atoms in total. The summed E-state index contributed by atoms with van der Waals surface area (Å²) in [5.74, 6) is -0.734. The van der Waals surface area contributed by atoms with Crippen molar-refractivity contribution >= 4 is 11.8 Å². The number of hydrogen-bond acceptors (Lipinski definition) is 4. The van der Waals surface area contributed by atoms with Crippen LogP contribution in [0.4, 0.5) is 19.0 Å². The van der Waals surface area contributed by atoms with E-state index in [1.165, 1.54) is 4.90 Å². The SMILES string of the molecule is CN(CC(=O)O)Cc1cccc(-c2cc(C(F)(F)F)cc(N(C)C)n2)c1. The number of hydrogen-bond donors (Lipinski definition) is 1. The number of halogens is 3. The normalized spacial score (nSPS) is 11.7. The molecule has 0 saturated carbocycles. The quantitative estimate of drug-likeness (QED) is 0.849. The molecule has 0 atom stereocenters. The molecule has 0 bridgehead atoms. The van der Waals surface area contributed by atoms with Crippen molar-refractivity contribution in [2.24, 2.45) is 0 Å². The van der Waals surface area contributed by atoms with Crippen molar-refractivity contribution in [3.63, 3.8) is 0 Å². The van der Waals surface area contributed by atoms with Gasteiger partial charge in [0.15, 0.2) is 0 Å². The van der Waals surface area contributed by atoms with Gasteiger partial charge in [-0.25, -0.2) is 4.98 Å². The van der Waals surface area contributed by atoms with E-state index in [1.54, 1.807) is 50.3 Å². The smallest absolute Gasteiger partial charge is 0.416 e. The van der Waals surface area contributed by atoms with E-state index in [9.17, 15) is 18.0 Å². The van der Waals surface area contributed by atoms with Gasteiger partial charge in [-0.15, -0.1) is 0 Å². The second-order valence-electron chi connectivity index (χ2n) is 6.26. The highest BCUT2D eigenvalue weighted by atomic mass is 19.4. The molecule has 0 fully saturated rings. The van der Waals surface area contributed by atoms with E-state index in [0.717, 1.165) is 17.7 Å². The Morgan fingerprint density at radius 3 is 2.42 bits per heavy atom. The maximum Gasteiger partial charge on any atom is 0.416 e. The van der Waals surface area contributed by atoms with Crippen LogP contribution >= 0.6 is 0 Å². The molecule has 0 unspecified atom stereocenters. The lowest BCUT2D eigenvalue weighted by Gasteiger charge is -2.17. The molecule has 0 aliphatic heterocycles. The predicted molar refractivity (Wildman–Crippen MR) is 93.0 cm³/mol. The van der Waals surface area contributed by atoms with E-state index >= 15 is 0 Å². The van der Waals surface area contributed by atoms with E-state index in [0.29, 0.717) is 12.1 Å². The van der Waals surface area contributed by atoms with Crippen molar-refractivity contribution in [2.45, 2.75) is 12.7 Å². The van der Waals surface area contributed by atoms with Gasteiger partial charge in [-0.3, -0.25) is 9.69 Å². The number of carboxylic acids is 1. The highest BCUT2D eigenvalue weighted by Crippen LogP contribution is 2.34. The summed E-state index contributed by atoms with van der Waals surface area (Å²) < 4.78 is 39.6. The van der Waals surface area contributed by atoms with Crippen molar-refractivity contribution in [1.29, 1.82) is 0 Å². The molecule has 1 aromatic heterocycles. The Labute approximate surface area is 149 Å². The van der Waals surface area contributed by atoms with Gasteiger partial charge >= 0.3 is 12.1 Å². The fraction of sp³-hybridized carbons (Fsp3) is 0.333. The summed E-state index contributed by atoms with van der Waals surface area (Å²) >= 11 is 0. The second kappa shape index (κ2) is 7.74. The van der Waals surface area contributed by atoms with Crippen molar-refractivity contribution in [3.05, 3.63) is 47.5 Å². The number of carbonyl (C=O) groups is 1. The van der Waals surface area contributed by atoms with Gasteiger partial charge in [0, 0.05) is 26.2 Å². The third kappa shape index (κ3) is 5.19. The fourth-order valence-corrected chi connectivity index (χ4v) is 2.48. The van der Waals surface area contributed by atoms with Gasteiger partial charge in [-0.05, 0) is 30.8 Å². The molecule has 1 aromatic carbocycles. The highest BCUT2D eigenvalue weighted by molar-refractivity contribution is 5.69. The maximum atomic E-state index is 13.2. The summed E-state index contributed by atoms with van der Waals surface area (Å²) in [7, 11) is 4.92. The zero-order valence-electron chi connectivity index (χ0n) is 14.7. The van der Waals surface area contributed by atoms with Crippen LogP contribution in [0.2, 0.25) is 0 Å². The molecule has 0 spiro atoms. The Morgan fingerprint density at radius 1 is 1.15 bits per heavy atom. The van der Waals surface area contributed by atoms with E-state index in [-0.39, 0.29) is 18.1 Å². The van der Waals surface area contributed by atoms with Gasteiger partial charge < -0.3 is 10.0 Å². The molecule has 0 aliphatic carbocycles. The molecular weight excluding hydrogens is 347 g/mol. The van der Waals surface area contributed by atoms with Crippen LogP contribution in [-0.2, 0) is 17.5 Å². The Hall–Kier alpha value is -2.61. The molecule has 2 rings (SSSR count). The van der Waals surface area contributed by atoms with E-state index in [1.807, 2.05) is 0 Å². The maximum absolute atomic E-state index is 13.2. The van der Waals surface area contributed by atoms with Crippen LogP contribution in [0.5, 0.6) is 0 Å². The van der Waals surface area contributed by atoms with Gasteiger partial charge in [0.25, 0.3) is 0 Å². The number of rotatable bonds is 6. The first-order valence-corrected chi connectivity index (χ1v) is 7.82. The average molecular weight is 367 g/mol. The van der Waals surface area contributed by atoms with Crippen LogP contribution in [0.15, 0.2) is 36.4 Å². The van der Waals surface area contributed by atoms with Crippen molar-refractivity contribution in [2.75, 3.05) is 32.6 Å². The molecule has 0 radical (unpaired) electrons. The molecule has 0 saturated heterocycles. The molecule has 2 aromatic rings. The first kappa shape index (κ1) is 19.7.